The van der Waals surface area contributed by atoms with Crippen molar-refractivity contribution in [2.45, 2.75) is 6.92 Å². The molecular formula is C15H17N3O4. The van der Waals surface area contributed by atoms with Gasteiger partial charge in [-0.2, -0.15) is 5.10 Å². The predicted molar refractivity (Wildman–Crippen MR) is 79.7 cm³/mol. The van der Waals surface area contributed by atoms with Gasteiger partial charge in [-0.25, -0.2) is 4.79 Å². The number of aromatic nitrogens is 2. The molecule has 7 nitrogen and oxygen atoms in total. The van der Waals surface area contributed by atoms with Gasteiger partial charge in [0.15, 0.2) is 6.61 Å². The average molecular weight is 303 g/mol. The largest absolute Gasteiger partial charge is 0.484 e. The maximum absolute atomic E-state index is 11.9. The average Bonchev–Trinajstić information content (AvgIpc) is 2.88. The lowest BCUT2D eigenvalue weighted by atomic mass is 10.3. The number of amides is 1. The van der Waals surface area contributed by atoms with Gasteiger partial charge in [-0.15, -0.1) is 0 Å². The molecule has 22 heavy (non-hydrogen) atoms. The van der Waals surface area contributed by atoms with Crippen LogP contribution in [0.25, 0.3) is 0 Å². The summed E-state index contributed by atoms with van der Waals surface area (Å²) in [6, 6.07) is 8.98. The van der Waals surface area contributed by atoms with Crippen LogP contribution in [0.1, 0.15) is 17.3 Å². The molecule has 0 saturated heterocycles. The summed E-state index contributed by atoms with van der Waals surface area (Å²) in [5, 5.41) is 6.56. The van der Waals surface area contributed by atoms with Crippen LogP contribution < -0.4 is 10.1 Å². The molecule has 1 heterocycles. The number of hydrogen-bond acceptors (Lipinski definition) is 5. The molecule has 1 aromatic carbocycles. The SMILES string of the molecule is CCOC(=O)c1cnn(C)c1NC(=O)COc1ccccc1. The molecule has 0 aliphatic carbocycles. The monoisotopic (exact) mass is 303 g/mol. The Morgan fingerprint density at radius 2 is 2.00 bits per heavy atom. The molecule has 0 fully saturated rings. The second-order valence-electron chi connectivity index (χ2n) is 4.40. The highest BCUT2D eigenvalue weighted by atomic mass is 16.5. The van der Waals surface area contributed by atoms with Gasteiger partial charge < -0.3 is 14.8 Å². The first-order chi connectivity index (χ1) is 10.6. The van der Waals surface area contributed by atoms with Crippen molar-refractivity contribution in [1.82, 2.24) is 9.78 Å². The van der Waals surface area contributed by atoms with Crippen LogP contribution in [0, 0.1) is 0 Å². The Morgan fingerprint density at radius 3 is 2.68 bits per heavy atom. The van der Waals surface area contributed by atoms with Crippen LogP contribution in [0.3, 0.4) is 0 Å². The van der Waals surface area contributed by atoms with E-state index in [0.717, 1.165) is 0 Å². The van der Waals surface area contributed by atoms with Crippen molar-refractivity contribution in [3.8, 4) is 5.75 Å². The lowest BCUT2D eigenvalue weighted by Gasteiger charge is -2.09. The fourth-order valence-electron chi connectivity index (χ4n) is 1.78. The topological polar surface area (TPSA) is 82.5 Å². The molecule has 0 radical (unpaired) electrons. The Morgan fingerprint density at radius 1 is 1.27 bits per heavy atom. The molecule has 1 amide bonds. The maximum atomic E-state index is 11.9. The third-order valence-electron chi connectivity index (χ3n) is 2.81. The fourth-order valence-corrected chi connectivity index (χ4v) is 1.78. The molecule has 0 atom stereocenters. The van der Waals surface area contributed by atoms with Crippen molar-refractivity contribution in [3.05, 3.63) is 42.1 Å². The Labute approximate surface area is 127 Å². The Hall–Kier alpha value is -2.83. The molecule has 2 aromatic rings. The number of hydrogen-bond donors (Lipinski definition) is 1. The molecule has 2 rings (SSSR count). The van der Waals surface area contributed by atoms with E-state index in [2.05, 4.69) is 10.4 Å². The van der Waals surface area contributed by atoms with E-state index >= 15 is 0 Å². The van der Waals surface area contributed by atoms with E-state index in [-0.39, 0.29) is 24.6 Å². The summed E-state index contributed by atoms with van der Waals surface area (Å²) in [6.07, 6.45) is 1.35. The number of nitrogens with one attached hydrogen (secondary N) is 1. The molecule has 1 aromatic heterocycles. The van der Waals surface area contributed by atoms with Crippen molar-refractivity contribution in [3.63, 3.8) is 0 Å². The summed E-state index contributed by atoms with van der Waals surface area (Å²) in [4.78, 5) is 23.7. The minimum Gasteiger partial charge on any atom is -0.484 e. The summed E-state index contributed by atoms with van der Waals surface area (Å²) in [5.74, 6) is -0.0544. The van der Waals surface area contributed by atoms with Gasteiger partial charge in [-0.1, -0.05) is 18.2 Å². The number of para-hydroxylation sites is 1. The van der Waals surface area contributed by atoms with Crippen molar-refractivity contribution in [2.75, 3.05) is 18.5 Å². The first-order valence-electron chi connectivity index (χ1n) is 6.78. The Balaban J connectivity index is 1.99. The molecule has 7 heteroatoms. The zero-order valence-corrected chi connectivity index (χ0v) is 12.4. The van der Waals surface area contributed by atoms with E-state index in [1.54, 1.807) is 26.1 Å². The third-order valence-corrected chi connectivity index (χ3v) is 2.81. The molecule has 116 valence electrons. The zero-order valence-electron chi connectivity index (χ0n) is 12.4. The van der Waals surface area contributed by atoms with Crippen LogP contribution in [0.5, 0.6) is 5.75 Å². The lowest BCUT2D eigenvalue weighted by molar-refractivity contribution is -0.118. The third kappa shape index (κ3) is 3.85. The summed E-state index contributed by atoms with van der Waals surface area (Å²) < 4.78 is 11.7. The van der Waals surface area contributed by atoms with Crippen LogP contribution in [-0.2, 0) is 16.6 Å². The van der Waals surface area contributed by atoms with Crippen LogP contribution >= 0.6 is 0 Å². The number of anilines is 1. The lowest BCUT2D eigenvalue weighted by Crippen LogP contribution is -2.23. The van der Waals surface area contributed by atoms with Crippen LogP contribution in [-0.4, -0.2) is 34.9 Å². The smallest absolute Gasteiger partial charge is 0.343 e. The van der Waals surface area contributed by atoms with Gasteiger partial charge in [-0.3, -0.25) is 9.48 Å². The molecule has 1 N–H and O–H groups in total. The molecule has 0 saturated carbocycles. The van der Waals surface area contributed by atoms with Crippen LogP contribution in [0.2, 0.25) is 0 Å². The van der Waals surface area contributed by atoms with Gasteiger partial charge >= 0.3 is 5.97 Å². The summed E-state index contributed by atoms with van der Waals surface area (Å²) in [7, 11) is 1.62. The standard InChI is InChI=1S/C15H17N3O4/c1-3-21-15(20)12-9-16-18(2)14(12)17-13(19)10-22-11-7-5-4-6-8-11/h4-9H,3,10H2,1-2H3,(H,17,19). The minimum atomic E-state index is -0.533. The first kappa shape index (κ1) is 15.6. The molecule has 0 aliphatic rings. The number of nitrogens with zero attached hydrogens (tertiary/aromatic N) is 2. The van der Waals surface area contributed by atoms with Crippen molar-refractivity contribution in [2.24, 2.45) is 7.05 Å². The summed E-state index contributed by atoms with van der Waals surface area (Å²) in [5.41, 5.74) is 0.206. The van der Waals surface area contributed by atoms with Gasteiger partial charge in [0.1, 0.15) is 17.1 Å². The number of ether oxygens (including phenoxy) is 2. The van der Waals surface area contributed by atoms with Crippen LogP contribution in [0.4, 0.5) is 5.82 Å². The summed E-state index contributed by atoms with van der Waals surface area (Å²) in [6.45, 7) is 1.79. The zero-order chi connectivity index (χ0) is 15.9. The van der Waals surface area contributed by atoms with E-state index in [1.807, 2.05) is 18.2 Å². The van der Waals surface area contributed by atoms with Crippen molar-refractivity contribution < 1.29 is 19.1 Å². The second-order valence-corrected chi connectivity index (χ2v) is 4.40. The van der Waals surface area contributed by atoms with Gasteiger partial charge in [0.2, 0.25) is 0 Å². The number of carbonyl (C=O) groups excluding carboxylic acids is 2. The molecule has 0 unspecified atom stereocenters. The van der Waals surface area contributed by atoms with Gasteiger partial charge in [0, 0.05) is 7.05 Å². The number of benzene rings is 1. The molecular weight excluding hydrogens is 286 g/mol. The van der Waals surface area contributed by atoms with E-state index in [1.165, 1.54) is 10.9 Å². The number of rotatable bonds is 6. The normalized spacial score (nSPS) is 10.1. The Kier molecular flexibility index (Phi) is 5.13. The van der Waals surface area contributed by atoms with E-state index in [0.29, 0.717) is 5.75 Å². The van der Waals surface area contributed by atoms with Crippen LogP contribution in [0.15, 0.2) is 36.5 Å². The van der Waals surface area contributed by atoms with Crippen molar-refractivity contribution in [1.29, 1.82) is 0 Å². The first-order valence-corrected chi connectivity index (χ1v) is 6.78. The second kappa shape index (κ2) is 7.26. The van der Waals surface area contributed by atoms with E-state index < -0.39 is 11.9 Å². The molecule has 0 spiro atoms. The number of carbonyl (C=O) groups is 2. The minimum absolute atomic E-state index is 0.169. The van der Waals surface area contributed by atoms with Gasteiger partial charge in [0.05, 0.1) is 12.8 Å². The van der Waals surface area contributed by atoms with E-state index in [9.17, 15) is 9.59 Å². The Bertz CT molecular complexity index is 652. The molecule has 0 aliphatic heterocycles. The highest BCUT2D eigenvalue weighted by Gasteiger charge is 2.19. The number of esters is 1. The fraction of sp³-hybridized carbons (Fsp3) is 0.267. The highest BCUT2D eigenvalue weighted by molar-refractivity contribution is 6.00. The van der Waals surface area contributed by atoms with Gasteiger partial charge in [0.25, 0.3) is 5.91 Å². The van der Waals surface area contributed by atoms with Crippen molar-refractivity contribution >= 4 is 17.7 Å². The van der Waals surface area contributed by atoms with E-state index in [4.69, 9.17) is 9.47 Å². The summed E-state index contributed by atoms with van der Waals surface area (Å²) >= 11 is 0. The predicted octanol–water partition coefficient (Wildman–Crippen LogP) is 1.61. The van der Waals surface area contributed by atoms with Gasteiger partial charge in [-0.05, 0) is 19.1 Å². The molecule has 0 bridgehead atoms. The maximum Gasteiger partial charge on any atom is 0.343 e. The quantitative estimate of drug-likeness (QED) is 0.820. The highest BCUT2D eigenvalue weighted by Crippen LogP contribution is 2.15. The number of aryl methyl sites for hydroxylation is 1.